The highest BCUT2D eigenvalue weighted by Crippen LogP contribution is 2.22. The van der Waals surface area contributed by atoms with Crippen molar-refractivity contribution in [3.8, 4) is 0 Å². The number of benzene rings is 1. The molecule has 1 heterocycles. The molecule has 0 saturated heterocycles. The van der Waals surface area contributed by atoms with Gasteiger partial charge in [-0.15, -0.1) is 0 Å². The van der Waals surface area contributed by atoms with Crippen molar-refractivity contribution in [1.29, 1.82) is 0 Å². The Labute approximate surface area is 120 Å². The molecule has 100 valence electrons. The second kappa shape index (κ2) is 6.50. The van der Waals surface area contributed by atoms with Crippen molar-refractivity contribution in [1.82, 2.24) is 5.32 Å². The minimum atomic E-state index is -0.146. The molecule has 19 heavy (non-hydrogen) atoms. The minimum absolute atomic E-state index is 0.136. The maximum atomic E-state index is 11.6. The van der Waals surface area contributed by atoms with Crippen LogP contribution in [0.2, 0.25) is 10.0 Å². The lowest BCUT2D eigenvalue weighted by molar-refractivity contribution is -0.119. The maximum Gasteiger partial charge on any atom is 0.239 e. The van der Waals surface area contributed by atoms with E-state index in [1.54, 1.807) is 36.6 Å². The van der Waals surface area contributed by atoms with E-state index in [9.17, 15) is 4.79 Å². The van der Waals surface area contributed by atoms with E-state index >= 15 is 0 Å². The van der Waals surface area contributed by atoms with Gasteiger partial charge in [0.05, 0.1) is 19.4 Å². The molecule has 0 bridgehead atoms. The van der Waals surface area contributed by atoms with Crippen LogP contribution in [0.1, 0.15) is 5.76 Å². The molecule has 0 aliphatic rings. The van der Waals surface area contributed by atoms with E-state index in [2.05, 4.69) is 10.6 Å². The number of carbonyl (C=O) groups excluding carboxylic acids is 1. The van der Waals surface area contributed by atoms with E-state index in [0.717, 1.165) is 0 Å². The van der Waals surface area contributed by atoms with Crippen molar-refractivity contribution in [3.63, 3.8) is 0 Å². The van der Waals surface area contributed by atoms with Gasteiger partial charge in [-0.3, -0.25) is 4.79 Å². The molecule has 6 heteroatoms. The number of amides is 1. The van der Waals surface area contributed by atoms with Gasteiger partial charge in [-0.1, -0.05) is 23.2 Å². The Hall–Kier alpha value is -1.65. The van der Waals surface area contributed by atoms with Gasteiger partial charge in [0.2, 0.25) is 5.91 Å². The molecular weight excluding hydrogens is 287 g/mol. The molecule has 2 N–H and O–H groups in total. The lowest BCUT2D eigenvalue weighted by Gasteiger charge is -2.07. The van der Waals surface area contributed by atoms with Gasteiger partial charge >= 0.3 is 0 Å². The van der Waals surface area contributed by atoms with Crippen LogP contribution in [0, 0.1) is 0 Å². The van der Waals surface area contributed by atoms with Crippen molar-refractivity contribution >= 4 is 34.8 Å². The van der Waals surface area contributed by atoms with Crippen molar-refractivity contribution in [2.24, 2.45) is 0 Å². The molecule has 0 aliphatic carbocycles. The number of hydrogen-bond donors (Lipinski definition) is 2. The van der Waals surface area contributed by atoms with Crippen LogP contribution >= 0.6 is 23.2 Å². The lowest BCUT2D eigenvalue weighted by atomic mass is 10.3. The van der Waals surface area contributed by atoms with E-state index in [1.807, 2.05) is 0 Å². The molecule has 0 spiro atoms. The molecule has 0 unspecified atom stereocenters. The van der Waals surface area contributed by atoms with Crippen LogP contribution in [0.15, 0.2) is 41.0 Å². The summed E-state index contributed by atoms with van der Waals surface area (Å²) in [6, 6.07) is 8.60. The standard InChI is InChI=1S/C13H12Cl2N2O2/c14-9-4-10(15)6-11(5-9)16-8-13(18)17-7-12-2-1-3-19-12/h1-6,16H,7-8H2,(H,17,18). The molecule has 0 fully saturated rings. The fourth-order valence-electron chi connectivity index (χ4n) is 1.50. The van der Waals surface area contributed by atoms with E-state index < -0.39 is 0 Å². The van der Waals surface area contributed by atoms with Gasteiger partial charge in [0, 0.05) is 15.7 Å². The number of carbonyl (C=O) groups is 1. The van der Waals surface area contributed by atoms with Crippen LogP contribution < -0.4 is 10.6 Å². The van der Waals surface area contributed by atoms with Crippen LogP contribution in [0.25, 0.3) is 0 Å². The smallest absolute Gasteiger partial charge is 0.239 e. The molecule has 2 rings (SSSR count). The summed E-state index contributed by atoms with van der Waals surface area (Å²) in [6.45, 7) is 0.501. The van der Waals surface area contributed by atoms with Gasteiger partial charge in [-0.05, 0) is 30.3 Å². The Kier molecular flexibility index (Phi) is 4.71. The molecule has 2 aromatic rings. The Morgan fingerprint density at radius 1 is 1.21 bits per heavy atom. The van der Waals surface area contributed by atoms with E-state index in [4.69, 9.17) is 27.6 Å². The molecule has 1 aromatic heterocycles. The Balaban J connectivity index is 1.79. The second-order valence-corrected chi connectivity index (χ2v) is 4.74. The second-order valence-electron chi connectivity index (χ2n) is 3.87. The normalized spacial score (nSPS) is 10.2. The summed E-state index contributed by atoms with van der Waals surface area (Å²) in [5.74, 6) is 0.562. The van der Waals surface area contributed by atoms with Crippen molar-refractivity contribution in [3.05, 3.63) is 52.4 Å². The third-order valence-corrected chi connectivity index (χ3v) is 2.79. The average molecular weight is 299 g/mol. The van der Waals surface area contributed by atoms with Gasteiger partial charge in [0.25, 0.3) is 0 Å². The Morgan fingerprint density at radius 3 is 2.58 bits per heavy atom. The van der Waals surface area contributed by atoms with Gasteiger partial charge in [-0.2, -0.15) is 0 Å². The van der Waals surface area contributed by atoms with Gasteiger partial charge in [0.1, 0.15) is 5.76 Å². The number of hydrogen-bond acceptors (Lipinski definition) is 3. The summed E-state index contributed by atoms with van der Waals surface area (Å²) in [6.07, 6.45) is 1.56. The van der Waals surface area contributed by atoms with E-state index in [-0.39, 0.29) is 12.5 Å². The highest BCUT2D eigenvalue weighted by atomic mass is 35.5. The number of anilines is 1. The SMILES string of the molecule is O=C(CNc1cc(Cl)cc(Cl)c1)NCc1ccco1. The lowest BCUT2D eigenvalue weighted by Crippen LogP contribution is -2.29. The summed E-state index contributed by atoms with van der Waals surface area (Å²) in [7, 11) is 0. The zero-order valence-corrected chi connectivity index (χ0v) is 11.5. The van der Waals surface area contributed by atoms with Crippen LogP contribution in [-0.2, 0) is 11.3 Å². The van der Waals surface area contributed by atoms with Crippen LogP contribution in [0.4, 0.5) is 5.69 Å². The molecule has 4 nitrogen and oxygen atoms in total. The summed E-state index contributed by atoms with van der Waals surface area (Å²) < 4.78 is 5.11. The molecule has 0 atom stereocenters. The molecule has 0 saturated carbocycles. The predicted molar refractivity (Wildman–Crippen MR) is 75.5 cm³/mol. The summed E-state index contributed by atoms with van der Waals surface area (Å²) in [5, 5.41) is 6.71. The Bertz CT molecular complexity index is 536. The highest BCUT2D eigenvalue weighted by Gasteiger charge is 2.03. The molecule has 1 aromatic carbocycles. The van der Waals surface area contributed by atoms with Crippen molar-refractivity contribution < 1.29 is 9.21 Å². The van der Waals surface area contributed by atoms with Gasteiger partial charge in [0.15, 0.2) is 0 Å². The highest BCUT2D eigenvalue weighted by molar-refractivity contribution is 6.35. The van der Waals surface area contributed by atoms with Gasteiger partial charge < -0.3 is 15.1 Å². The van der Waals surface area contributed by atoms with Crippen LogP contribution in [0.3, 0.4) is 0 Å². The Morgan fingerprint density at radius 2 is 1.95 bits per heavy atom. The van der Waals surface area contributed by atoms with Crippen molar-refractivity contribution in [2.45, 2.75) is 6.54 Å². The first-order valence-electron chi connectivity index (χ1n) is 5.62. The van der Waals surface area contributed by atoms with Crippen LogP contribution in [-0.4, -0.2) is 12.5 Å². The number of nitrogens with one attached hydrogen (secondary N) is 2. The van der Waals surface area contributed by atoms with Crippen molar-refractivity contribution in [2.75, 3.05) is 11.9 Å². The first kappa shape index (κ1) is 13.8. The quantitative estimate of drug-likeness (QED) is 0.890. The molecule has 1 amide bonds. The molecular formula is C13H12Cl2N2O2. The number of furan rings is 1. The largest absolute Gasteiger partial charge is 0.467 e. The monoisotopic (exact) mass is 298 g/mol. The fourth-order valence-corrected chi connectivity index (χ4v) is 2.03. The summed E-state index contributed by atoms with van der Waals surface area (Å²) in [5.41, 5.74) is 0.700. The first-order chi connectivity index (χ1) is 9.13. The number of rotatable bonds is 5. The third-order valence-electron chi connectivity index (χ3n) is 2.36. The van der Waals surface area contributed by atoms with Crippen LogP contribution in [0.5, 0.6) is 0 Å². The molecule has 0 aliphatic heterocycles. The molecule has 0 radical (unpaired) electrons. The topological polar surface area (TPSA) is 54.3 Å². The fraction of sp³-hybridized carbons (Fsp3) is 0.154. The summed E-state index contributed by atoms with van der Waals surface area (Å²) >= 11 is 11.7. The minimum Gasteiger partial charge on any atom is -0.467 e. The zero-order chi connectivity index (χ0) is 13.7. The first-order valence-corrected chi connectivity index (χ1v) is 6.38. The van der Waals surface area contributed by atoms with E-state index in [1.165, 1.54) is 0 Å². The number of halogens is 2. The van der Waals surface area contributed by atoms with Gasteiger partial charge in [-0.25, -0.2) is 0 Å². The average Bonchev–Trinajstić information content (AvgIpc) is 2.86. The predicted octanol–water partition coefficient (Wildman–Crippen LogP) is 3.31. The van der Waals surface area contributed by atoms with E-state index in [0.29, 0.717) is 28.0 Å². The maximum absolute atomic E-state index is 11.6. The zero-order valence-electron chi connectivity index (χ0n) is 9.95. The summed E-state index contributed by atoms with van der Waals surface area (Å²) in [4.78, 5) is 11.6. The third kappa shape index (κ3) is 4.50.